The average molecular weight is 283 g/mol. The van der Waals surface area contributed by atoms with Gasteiger partial charge in [-0.05, 0) is 30.8 Å². The topological polar surface area (TPSA) is 29.9 Å². The van der Waals surface area contributed by atoms with Crippen LogP contribution in [0.1, 0.15) is 13.3 Å². The second-order valence-electron chi connectivity index (χ2n) is 4.03. The minimum Gasteiger partial charge on any atom is -0.491 e. The Morgan fingerprint density at radius 2 is 2.33 bits per heavy atom. The number of nitrogens with zero attached hydrogens (tertiary/aromatic N) is 1. The zero-order valence-corrected chi connectivity index (χ0v) is 11.8. The molecule has 96 valence electrons. The number of para-hydroxylation sites is 1. The second-order valence-corrected chi connectivity index (χ2v) is 4.95. The third-order valence-electron chi connectivity index (χ3n) is 2.56. The van der Waals surface area contributed by atoms with Crippen molar-refractivity contribution in [1.29, 1.82) is 0 Å². The molecule has 18 heavy (non-hydrogen) atoms. The summed E-state index contributed by atoms with van der Waals surface area (Å²) in [5.41, 5.74) is 1.89. The molecule has 1 heterocycles. The lowest BCUT2D eigenvalue weighted by Gasteiger charge is -2.06. The number of ether oxygens (including phenoxy) is 1. The highest BCUT2D eigenvalue weighted by Crippen LogP contribution is 2.25. The molecule has 0 atom stereocenters. The average Bonchev–Trinajstić information content (AvgIpc) is 2.64. The number of rotatable bonds is 5. The van der Waals surface area contributed by atoms with Gasteiger partial charge in [0.1, 0.15) is 11.3 Å². The van der Waals surface area contributed by atoms with E-state index >= 15 is 0 Å². The fourth-order valence-corrected chi connectivity index (χ4v) is 2.20. The summed E-state index contributed by atoms with van der Waals surface area (Å²) in [4.78, 5) is 3.16. The molecule has 1 aromatic carbocycles. The number of fused-ring (bicyclic) bond motifs is 1. The first-order valence-corrected chi connectivity index (χ1v) is 6.59. The maximum atomic E-state index is 5.86. The van der Waals surface area contributed by atoms with Gasteiger partial charge in [-0.2, -0.15) is 0 Å². The molecule has 1 N–H and O–H groups in total. The van der Waals surface area contributed by atoms with Crippen LogP contribution in [0.15, 0.2) is 29.8 Å². The molecule has 0 aliphatic rings. The van der Waals surface area contributed by atoms with E-state index in [4.69, 9.17) is 28.6 Å². The number of H-pyrrole nitrogens is 1. The van der Waals surface area contributed by atoms with Gasteiger partial charge in [0.15, 0.2) is 4.77 Å². The molecule has 0 aliphatic heterocycles. The molecule has 0 unspecified atom stereocenters. The molecular weight excluding hydrogens is 268 g/mol. The van der Waals surface area contributed by atoms with E-state index in [9.17, 15) is 0 Å². The van der Waals surface area contributed by atoms with Gasteiger partial charge in [-0.25, -0.2) is 0 Å². The molecule has 0 radical (unpaired) electrons. The van der Waals surface area contributed by atoms with Crippen LogP contribution in [0.25, 0.3) is 11.0 Å². The molecule has 0 fully saturated rings. The maximum absolute atomic E-state index is 5.86. The van der Waals surface area contributed by atoms with Crippen LogP contribution in [-0.4, -0.2) is 16.2 Å². The Labute approximate surface area is 116 Å². The van der Waals surface area contributed by atoms with E-state index < -0.39 is 0 Å². The number of imidazole rings is 1. The molecule has 2 rings (SSSR count). The predicted molar refractivity (Wildman–Crippen MR) is 77.9 cm³/mol. The van der Waals surface area contributed by atoms with Crippen molar-refractivity contribution in [3.8, 4) is 5.75 Å². The SMILES string of the molecule is C=C(Cl)Cn1c(=S)[nH]c2c(OCCC)cccc21. The van der Waals surface area contributed by atoms with Crippen LogP contribution in [0.3, 0.4) is 0 Å². The van der Waals surface area contributed by atoms with E-state index in [1.54, 1.807) is 0 Å². The Bertz CT molecular complexity index is 629. The van der Waals surface area contributed by atoms with Crippen LogP contribution in [0, 0.1) is 4.77 Å². The van der Waals surface area contributed by atoms with Gasteiger partial charge < -0.3 is 14.3 Å². The van der Waals surface area contributed by atoms with Crippen LogP contribution in [0.5, 0.6) is 5.75 Å². The summed E-state index contributed by atoms with van der Waals surface area (Å²) in [6.07, 6.45) is 0.969. The fourth-order valence-electron chi connectivity index (χ4n) is 1.81. The summed E-state index contributed by atoms with van der Waals surface area (Å²) in [6.45, 7) is 6.96. The lowest BCUT2D eigenvalue weighted by Crippen LogP contribution is -1.98. The number of benzene rings is 1. The van der Waals surface area contributed by atoms with E-state index in [2.05, 4.69) is 18.5 Å². The van der Waals surface area contributed by atoms with Crippen molar-refractivity contribution in [2.75, 3.05) is 6.61 Å². The molecule has 5 heteroatoms. The zero-order valence-electron chi connectivity index (χ0n) is 10.2. The van der Waals surface area contributed by atoms with E-state index in [1.807, 2.05) is 22.8 Å². The summed E-state index contributed by atoms with van der Waals surface area (Å²) >= 11 is 11.2. The van der Waals surface area contributed by atoms with Gasteiger partial charge in [0.2, 0.25) is 0 Å². The number of halogens is 1. The van der Waals surface area contributed by atoms with Crippen LogP contribution >= 0.6 is 23.8 Å². The third-order valence-corrected chi connectivity index (χ3v) is 3.01. The van der Waals surface area contributed by atoms with E-state index in [0.29, 0.717) is 23.0 Å². The number of nitrogens with one attached hydrogen (secondary N) is 1. The van der Waals surface area contributed by atoms with Gasteiger partial charge in [0.05, 0.1) is 18.7 Å². The fraction of sp³-hybridized carbons (Fsp3) is 0.308. The standard InChI is InChI=1S/C13H15ClN2OS/c1-3-7-17-11-6-4-5-10-12(11)15-13(18)16(10)8-9(2)14/h4-6H,2-3,7-8H2,1H3,(H,15,18). The van der Waals surface area contributed by atoms with Gasteiger partial charge >= 0.3 is 0 Å². The molecule has 0 saturated carbocycles. The Balaban J connectivity index is 2.52. The number of aromatic nitrogens is 2. The summed E-state index contributed by atoms with van der Waals surface area (Å²) < 4.78 is 8.24. The summed E-state index contributed by atoms with van der Waals surface area (Å²) in [6, 6.07) is 5.87. The van der Waals surface area contributed by atoms with Gasteiger partial charge in [-0.3, -0.25) is 0 Å². The van der Waals surface area contributed by atoms with E-state index in [1.165, 1.54) is 0 Å². The molecule has 3 nitrogen and oxygen atoms in total. The van der Waals surface area contributed by atoms with Crippen molar-refractivity contribution < 1.29 is 4.74 Å². The van der Waals surface area contributed by atoms with E-state index in [0.717, 1.165) is 23.2 Å². The predicted octanol–water partition coefficient (Wildman–Crippen LogP) is 4.24. The van der Waals surface area contributed by atoms with Crippen molar-refractivity contribution in [3.63, 3.8) is 0 Å². The highest BCUT2D eigenvalue weighted by atomic mass is 35.5. The first kappa shape index (κ1) is 13.2. The second kappa shape index (κ2) is 5.59. The Kier molecular flexibility index (Phi) is 4.09. The molecular formula is C13H15ClN2OS. The minimum atomic E-state index is 0.498. The largest absolute Gasteiger partial charge is 0.491 e. The van der Waals surface area contributed by atoms with Crippen molar-refractivity contribution in [3.05, 3.63) is 34.6 Å². The van der Waals surface area contributed by atoms with Gasteiger partial charge in [0, 0.05) is 5.03 Å². The van der Waals surface area contributed by atoms with E-state index in [-0.39, 0.29) is 0 Å². The zero-order chi connectivity index (χ0) is 13.1. The Hall–Kier alpha value is -1.26. The Morgan fingerprint density at radius 3 is 3.00 bits per heavy atom. The molecule has 0 aliphatic carbocycles. The molecule has 0 saturated heterocycles. The lowest BCUT2D eigenvalue weighted by atomic mass is 10.3. The van der Waals surface area contributed by atoms with Crippen LogP contribution in [0.4, 0.5) is 0 Å². The van der Waals surface area contributed by atoms with Gasteiger partial charge in [-0.15, -0.1) is 0 Å². The van der Waals surface area contributed by atoms with Crippen molar-refractivity contribution in [1.82, 2.24) is 9.55 Å². The molecule has 0 spiro atoms. The van der Waals surface area contributed by atoms with Gasteiger partial charge in [0.25, 0.3) is 0 Å². The quantitative estimate of drug-likeness (QED) is 0.831. The number of allylic oxidation sites excluding steroid dienone is 1. The number of aromatic amines is 1. The summed E-state index contributed by atoms with van der Waals surface area (Å²) in [5.74, 6) is 0.819. The highest BCUT2D eigenvalue weighted by Gasteiger charge is 2.09. The van der Waals surface area contributed by atoms with Crippen molar-refractivity contribution in [2.24, 2.45) is 0 Å². The molecule has 1 aromatic heterocycles. The van der Waals surface area contributed by atoms with Crippen LogP contribution in [-0.2, 0) is 6.54 Å². The maximum Gasteiger partial charge on any atom is 0.178 e. The molecule has 0 bridgehead atoms. The van der Waals surface area contributed by atoms with Crippen LogP contribution < -0.4 is 4.74 Å². The van der Waals surface area contributed by atoms with Crippen molar-refractivity contribution in [2.45, 2.75) is 19.9 Å². The molecule has 2 aromatic rings. The smallest absolute Gasteiger partial charge is 0.178 e. The van der Waals surface area contributed by atoms with Gasteiger partial charge in [-0.1, -0.05) is 31.2 Å². The normalized spacial score (nSPS) is 10.8. The monoisotopic (exact) mass is 282 g/mol. The molecule has 0 amide bonds. The first-order valence-electron chi connectivity index (χ1n) is 5.81. The van der Waals surface area contributed by atoms with Crippen molar-refractivity contribution >= 4 is 34.9 Å². The Morgan fingerprint density at radius 1 is 1.56 bits per heavy atom. The highest BCUT2D eigenvalue weighted by molar-refractivity contribution is 7.71. The lowest BCUT2D eigenvalue weighted by molar-refractivity contribution is 0.320. The number of hydrogen-bond acceptors (Lipinski definition) is 2. The summed E-state index contributed by atoms with van der Waals surface area (Å²) in [7, 11) is 0. The van der Waals surface area contributed by atoms with Crippen LogP contribution in [0.2, 0.25) is 0 Å². The first-order chi connectivity index (χ1) is 8.63. The minimum absolute atomic E-state index is 0.498. The third kappa shape index (κ3) is 2.60. The number of hydrogen-bond donors (Lipinski definition) is 1. The summed E-state index contributed by atoms with van der Waals surface area (Å²) in [5, 5.41) is 0.548.